The van der Waals surface area contributed by atoms with Gasteiger partial charge in [-0.1, -0.05) is 0 Å². The van der Waals surface area contributed by atoms with Crippen molar-refractivity contribution in [3.63, 3.8) is 0 Å². The lowest BCUT2D eigenvalue weighted by Gasteiger charge is -2.26. The Bertz CT molecular complexity index is 184. The van der Waals surface area contributed by atoms with Gasteiger partial charge in [0.05, 0.1) is 21.1 Å². The molecule has 74 valence electrons. The predicted octanol–water partition coefficient (Wildman–Crippen LogP) is -0.913. The number of quaternary nitrogens is 1. The number of phosphoric acid groups is 1. The molecule has 6 nitrogen and oxygen atoms in total. The first-order valence-corrected chi connectivity index (χ1v) is 4.93. The van der Waals surface area contributed by atoms with Crippen molar-refractivity contribution in [2.45, 2.75) is 6.23 Å². The van der Waals surface area contributed by atoms with E-state index in [2.05, 4.69) is 4.52 Å². The summed E-state index contributed by atoms with van der Waals surface area (Å²) in [4.78, 5) is 16.8. The molecule has 1 unspecified atom stereocenters. The third kappa shape index (κ3) is 8.13. The summed E-state index contributed by atoms with van der Waals surface area (Å²) in [5, 5.41) is 0. The van der Waals surface area contributed by atoms with Gasteiger partial charge in [0.25, 0.3) is 0 Å². The summed E-state index contributed by atoms with van der Waals surface area (Å²) < 4.78 is 15.0. The molecule has 12 heavy (non-hydrogen) atoms. The smallest absolute Gasteiger partial charge is 0.328 e. The van der Waals surface area contributed by atoms with Gasteiger partial charge in [-0.2, -0.15) is 0 Å². The van der Waals surface area contributed by atoms with Crippen LogP contribution in [-0.2, 0) is 9.09 Å². The maximum atomic E-state index is 10.3. The maximum Gasteiger partial charge on any atom is 0.471 e. The average Bonchev–Trinajstić information content (AvgIpc) is 1.49. The lowest BCUT2D eigenvalue weighted by molar-refractivity contribution is -0.873. The van der Waals surface area contributed by atoms with Gasteiger partial charge in [0.1, 0.15) is 6.54 Å². The van der Waals surface area contributed by atoms with E-state index in [-0.39, 0.29) is 0 Å². The van der Waals surface area contributed by atoms with Crippen LogP contribution in [0.1, 0.15) is 0 Å². The first-order chi connectivity index (χ1) is 5.10. The van der Waals surface area contributed by atoms with Crippen molar-refractivity contribution in [1.29, 1.82) is 0 Å². The molecule has 0 bridgehead atoms. The summed E-state index contributed by atoms with van der Waals surface area (Å²) in [6.07, 6.45) is -0.939. The molecule has 0 rings (SSSR count). The third-order valence-corrected chi connectivity index (χ3v) is 1.55. The Morgan fingerprint density at radius 2 is 1.92 bits per heavy atom. The molecule has 4 N–H and O–H groups in total. The van der Waals surface area contributed by atoms with Crippen LogP contribution in [0.15, 0.2) is 0 Å². The monoisotopic (exact) mass is 199 g/mol. The van der Waals surface area contributed by atoms with Gasteiger partial charge < -0.3 is 20.0 Å². The molecule has 0 aromatic carbocycles. The number of likely N-dealkylation sites (N-methyl/N-ethyl adjacent to an activating group) is 1. The molecule has 1 atom stereocenters. The fourth-order valence-electron chi connectivity index (χ4n) is 0.750. The quantitative estimate of drug-likeness (QED) is 0.309. The van der Waals surface area contributed by atoms with E-state index < -0.39 is 14.1 Å². The lowest BCUT2D eigenvalue weighted by Crippen LogP contribution is -2.45. The molecule has 0 aliphatic rings. The van der Waals surface area contributed by atoms with Gasteiger partial charge >= 0.3 is 7.82 Å². The predicted molar refractivity (Wildman–Crippen MR) is 44.0 cm³/mol. The number of hydrogen-bond donors (Lipinski definition) is 3. The molecule has 0 saturated carbocycles. The average molecular weight is 199 g/mol. The summed E-state index contributed by atoms with van der Waals surface area (Å²) >= 11 is 0. The van der Waals surface area contributed by atoms with Crippen LogP contribution in [0.25, 0.3) is 0 Å². The van der Waals surface area contributed by atoms with Crippen LogP contribution in [0.5, 0.6) is 0 Å². The molecule has 0 amide bonds. The summed E-state index contributed by atoms with van der Waals surface area (Å²) in [5.74, 6) is 0. The molecule has 0 aliphatic heterocycles. The van der Waals surface area contributed by atoms with Crippen LogP contribution >= 0.6 is 7.82 Å². The summed E-state index contributed by atoms with van der Waals surface area (Å²) in [7, 11) is 1.11. The normalized spacial score (nSPS) is 16.2. The second kappa shape index (κ2) is 3.83. The number of nitrogens with two attached hydrogens (primary N) is 1. The van der Waals surface area contributed by atoms with Crippen LogP contribution in [0.2, 0.25) is 0 Å². The maximum absolute atomic E-state index is 10.3. The largest absolute Gasteiger partial charge is 0.471 e. The summed E-state index contributed by atoms with van der Waals surface area (Å²) in [6, 6.07) is 0. The van der Waals surface area contributed by atoms with Gasteiger partial charge in [-0.05, 0) is 0 Å². The number of rotatable bonds is 4. The molecular weight excluding hydrogens is 183 g/mol. The number of phosphoric ester groups is 1. The molecule has 0 fully saturated rings. The van der Waals surface area contributed by atoms with Crippen molar-refractivity contribution in [2.75, 3.05) is 27.7 Å². The Kier molecular flexibility index (Phi) is 3.84. The first-order valence-electron chi connectivity index (χ1n) is 3.40. The zero-order chi connectivity index (χ0) is 9.99. The highest BCUT2D eigenvalue weighted by atomic mass is 31.2. The minimum Gasteiger partial charge on any atom is -0.328 e. The molecule has 0 spiro atoms. The first kappa shape index (κ1) is 12.0. The summed E-state index contributed by atoms with van der Waals surface area (Å²) in [5.41, 5.74) is 5.32. The van der Waals surface area contributed by atoms with E-state index in [4.69, 9.17) is 15.5 Å². The molecule has 0 aromatic rings. The number of hydrogen-bond acceptors (Lipinski definition) is 3. The lowest BCUT2D eigenvalue weighted by atomic mass is 10.5. The van der Waals surface area contributed by atoms with E-state index in [0.717, 1.165) is 0 Å². The van der Waals surface area contributed by atoms with Crippen LogP contribution < -0.4 is 5.73 Å². The van der Waals surface area contributed by atoms with E-state index in [1.54, 1.807) is 0 Å². The molecule has 0 radical (unpaired) electrons. The Hall–Kier alpha value is 0.0300. The number of nitrogens with zero attached hydrogens (tertiary/aromatic N) is 1. The standard InChI is InChI=1S/C5H15N2O4P/c1-7(2,3)4-5(6)11-12(8,9)10/h5H,4,6H2,1-3H3,(H-,8,9,10)/p+1. The molecular formula is C5H16N2O4P+. The SMILES string of the molecule is C[N+](C)(C)CC(N)OP(=O)(O)O. The minimum atomic E-state index is -4.44. The zero-order valence-corrected chi connectivity index (χ0v) is 8.36. The molecule has 7 heteroatoms. The van der Waals surface area contributed by atoms with E-state index in [9.17, 15) is 4.57 Å². The van der Waals surface area contributed by atoms with Crippen molar-refractivity contribution in [1.82, 2.24) is 0 Å². The minimum absolute atomic E-state index is 0.338. The van der Waals surface area contributed by atoms with E-state index in [1.807, 2.05) is 21.1 Å². The van der Waals surface area contributed by atoms with Gasteiger partial charge in [0.2, 0.25) is 0 Å². The third-order valence-electron chi connectivity index (χ3n) is 1.00. The van der Waals surface area contributed by atoms with Crippen LogP contribution in [0, 0.1) is 0 Å². The Morgan fingerprint density at radius 3 is 2.17 bits per heavy atom. The van der Waals surface area contributed by atoms with Crippen LogP contribution in [-0.4, -0.2) is 48.2 Å². The molecule has 0 aromatic heterocycles. The fraction of sp³-hybridized carbons (Fsp3) is 1.00. The Balaban J connectivity index is 3.91. The van der Waals surface area contributed by atoms with Crippen LogP contribution in [0.3, 0.4) is 0 Å². The fourth-order valence-corrected chi connectivity index (χ4v) is 1.17. The molecule has 0 saturated heterocycles. The topological polar surface area (TPSA) is 92.8 Å². The zero-order valence-electron chi connectivity index (χ0n) is 7.47. The van der Waals surface area contributed by atoms with E-state index >= 15 is 0 Å². The van der Waals surface area contributed by atoms with Gasteiger partial charge in [0.15, 0.2) is 6.23 Å². The highest BCUT2D eigenvalue weighted by Gasteiger charge is 2.23. The highest BCUT2D eigenvalue weighted by molar-refractivity contribution is 7.46. The van der Waals surface area contributed by atoms with Gasteiger partial charge in [-0.15, -0.1) is 0 Å². The van der Waals surface area contributed by atoms with Crippen molar-refractivity contribution in [3.05, 3.63) is 0 Å². The second-order valence-corrected chi connectivity index (χ2v) is 4.80. The van der Waals surface area contributed by atoms with Gasteiger partial charge in [0, 0.05) is 0 Å². The second-order valence-electron chi connectivity index (χ2n) is 3.61. The highest BCUT2D eigenvalue weighted by Crippen LogP contribution is 2.36. The van der Waals surface area contributed by atoms with Crippen molar-refractivity contribution < 1.29 is 23.4 Å². The van der Waals surface area contributed by atoms with Crippen molar-refractivity contribution in [2.24, 2.45) is 5.73 Å². The molecule has 0 aliphatic carbocycles. The van der Waals surface area contributed by atoms with Gasteiger partial charge in [-0.3, -0.25) is 4.52 Å². The van der Waals surface area contributed by atoms with E-state index in [0.29, 0.717) is 11.0 Å². The summed E-state index contributed by atoms with van der Waals surface area (Å²) in [6.45, 7) is 0.338. The van der Waals surface area contributed by atoms with Gasteiger partial charge in [-0.25, -0.2) is 4.57 Å². The van der Waals surface area contributed by atoms with Crippen LogP contribution in [0.4, 0.5) is 0 Å². The van der Waals surface area contributed by atoms with Crippen molar-refractivity contribution >= 4 is 7.82 Å². The molecule has 0 heterocycles. The van der Waals surface area contributed by atoms with Crippen molar-refractivity contribution in [3.8, 4) is 0 Å². The Morgan fingerprint density at radius 1 is 1.50 bits per heavy atom. The van der Waals surface area contributed by atoms with E-state index in [1.165, 1.54) is 0 Å². The Labute approximate surface area is 71.8 Å².